The lowest BCUT2D eigenvalue weighted by Gasteiger charge is -2.26. The number of esters is 1. The Morgan fingerprint density at radius 1 is 1.02 bits per heavy atom. The summed E-state index contributed by atoms with van der Waals surface area (Å²) in [6, 6.07) is 0. The normalized spacial score (nSPS) is 23.5. The summed E-state index contributed by atoms with van der Waals surface area (Å²) in [6.07, 6.45) is 6.27. The first-order valence-electron chi connectivity index (χ1n) is 14.6. The third-order valence-electron chi connectivity index (χ3n) is 7.02. The maximum Gasteiger partial charge on any atom is 0.405 e. The van der Waals surface area contributed by atoms with E-state index in [1.54, 1.807) is 43.4 Å². The number of alkyl halides is 1. The van der Waals surface area contributed by atoms with Crippen molar-refractivity contribution in [3.8, 4) is 0 Å². The van der Waals surface area contributed by atoms with Gasteiger partial charge in [-0.05, 0) is 31.9 Å². The minimum absolute atomic E-state index is 0.0343. The predicted octanol–water partition coefficient (Wildman–Crippen LogP) is 3.21. The highest BCUT2D eigenvalue weighted by molar-refractivity contribution is 6.30. The maximum absolute atomic E-state index is 12.6. The highest BCUT2D eigenvalue weighted by Crippen LogP contribution is 2.29. The molecule has 0 aliphatic heterocycles. The van der Waals surface area contributed by atoms with Crippen molar-refractivity contribution in [1.29, 1.82) is 0 Å². The second-order valence-corrected chi connectivity index (χ2v) is 11.7. The van der Waals surface area contributed by atoms with Gasteiger partial charge in [0.1, 0.15) is 23.7 Å². The van der Waals surface area contributed by atoms with Gasteiger partial charge in [0, 0.05) is 29.9 Å². The van der Waals surface area contributed by atoms with Gasteiger partial charge in [-0.1, -0.05) is 73.6 Å². The van der Waals surface area contributed by atoms with E-state index < -0.39 is 84.1 Å². The number of ketones is 1. The highest BCUT2D eigenvalue weighted by Gasteiger charge is 2.39. The van der Waals surface area contributed by atoms with Gasteiger partial charge in [0.25, 0.3) is 0 Å². The van der Waals surface area contributed by atoms with Gasteiger partial charge in [-0.2, -0.15) is 0 Å². The Labute approximate surface area is 278 Å². The molecular formula is C32H43Cl2NO11. The van der Waals surface area contributed by atoms with Gasteiger partial charge in [-0.3, -0.25) is 9.59 Å². The Kier molecular flexibility index (Phi) is 18.4. The van der Waals surface area contributed by atoms with Crippen molar-refractivity contribution in [2.45, 2.75) is 88.5 Å². The molecule has 1 amide bonds. The Bertz CT molecular complexity index is 1230. The molecule has 0 spiro atoms. The second kappa shape index (κ2) is 20.8. The Morgan fingerprint density at radius 3 is 2.24 bits per heavy atom. The van der Waals surface area contributed by atoms with Crippen LogP contribution in [0.3, 0.4) is 0 Å². The molecule has 256 valence electrons. The van der Waals surface area contributed by atoms with Crippen LogP contribution in [-0.4, -0.2) is 91.3 Å². The number of halogens is 2. The maximum atomic E-state index is 12.6. The molecule has 0 aromatic rings. The van der Waals surface area contributed by atoms with Crippen LogP contribution < -0.4 is 5.73 Å². The molecule has 0 heterocycles. The molecule has 0 radical (unpaired) electrons. The van der Waals surface area contributed by atoms with Gasteiger partial charge < -0.3 is 40.7 Å². The number of aliphatic hydroxyl groups is 4. The predicted molar refractivity (Wildman–Crippen MR) is 172 cm³/mol. The number of amides is 1. The van der Waals surface area contributed by atoms with E-state index in [2.05, 4.69) is 0 Å². The van der Waals surface area contributed by atoms with Crippen LogP contribution >= 0.6 is 23.2 Å². The summed E-state index contributed by atoms with van der Waals surface area (Å²) < 4.78 is 10.0. The van der Waals surface area contributed by atoms with Crippen molar-refractivity contribution in [2.24, 2.45) is 17.6 Å². The van der Waals surface area contributed by atoms with E-state index in [1.807, 2.05) is 6.92 Å². The number of ether oxygens (including phenoxy) is 2. The minimum atomic E-state index is -1.89. The molecule has 0 aromatic carbocycles. The average Bonchev–Trinajstić information content (AvgIpc) is 3.37. The average molecular weight is 689 g/mol. The zero-order valence-electron chi connectivity index (χ0n) is 25.8. The number of aliphatic hydroxyl groups excluding tert-OH is 4. The summed E-state index contributed by atoms with van der Waals surface area (Å²) >= 11 is 12.4. The van der Waals surface area contributed by atoms with Crippen LogP contribution in [0, 0.1) is 11.8 Å². The van der Waals surface area contributed by atoms with Crippen molar-refractivity contribution in [2.75, 3.05) is 0 Å². The Morgan fingerprint density at radius 2 is 1.65 bits per heavy atom. The first-order chi connectivity index (χ1) is 21.6. The van der Waals surface area contributed by atoms with E-state index in [4.69, 9.17) is 43.5 Å². The van der Waals surface area contributed by atoms with E-state index in [0.717, 1.165) is 11.6 Å². The first kappa shape index (κ1) is 40.8. The number of Topliss-reactive ketones (excluding diaryl/α,β-unsaturated/α-hetero) is 1. The molecule has 12 nitrogen and oxygen atoms in total. The third kappa shape index (κ3) is 14.4. The topological polar surface area (TPSA) is 214 Å². The van der Waals surface area contributed by atoms with Crippen LogP contribution in [-0.2, 0) is 23.9 Å². The van der Waals surface area contributed by atoms with Crippen LogP contribution in [0.5, 0.6) is 0 Å². The zero-order valence-corrected chi connectivity index (χ0v) is 27.3. The number of nitrogens with two attached hydrogens (primary N) is 1. The van der Waals surface area contributed by atoms with Gasteiger partial charge in [-0.25, -0.2) is 9.59 Å². The molecule has 1 aliphatic rings. The highest BCUT2D eigenvalue weighted by atomic mass is 35.5. The van der Waals surface area contributed by atoms with Crippen LogP contribution in [0.15, 0.2) is 71.4 Å². The molecule has 0 saturated heterocycles. The van der Waals surface area contributed by atoms with Gasteiger partial charge >= 0.3 is 18.0 Å². The number of carbonyl (C=O) groups is 4. The number of carboxylic acid groups (broad SMARTS) is 1. The fraction of sp³-hybridized carbons (Fsp3) is 0.500. The standard InChI is InChI=1S/C32H43Cl2NO11/c1-4-5-13-25(46-32(35)44)28(34)23(37)17-24(38)30(41)29(40)19(3)21(33)12-8-6-10-18(2)11-7-9-14-27(39)45-26-16-20(31(42)43)15-22(26)36/h5-14,19-20,22-23,25-26,28-30,36-37,40-41H,4,15-17H2,1-3H3,(H2,35,44)(H,42,43)/b8-6+,11-7+,13-5+,14-9+,18-10+,21-12-. The summed E-state index contributed by atoms with van der Waals surface area (Å²) in [7, 11) is 0. The van der Waals surface area contributed by atoms with Crippen LogP contribution in [0.25, 0.3) is 0 Å². The molecule has 1 aliphatic carbocycles. The summed E-state index contributed by atoms with van der Waals surface area (Å²) in [6.45, 7) is 5.11. The second-order valence-electron chi connectivity index (χ2n) is 10.8. The monoisotopic (exact) mass is 687 g/mol. The molecule has 0 bridgehead atoms. The Hall–Kier alpha value is -3.26. The van der Waals surface area contributed by atoms with Crippen LogP contribution in [0.1, 0.15) is 46.5 Å². The molecule has 9 unspecified atom stereocenters. The van der Waals surface area contributed by atoms with Gasteiger partial charge in [-0.15, -0.1) is 11.6 Å². The van der Waals surface area contributed by atoms with Crippen molar-refractivity contribution in [3.05, 3.63) is 71.4 Å². The van der Waals surface area contributed by atoms with Crippen molar-refractivity contribution in [1.82, 2.24) is 0 Å². The molecule has 0 aromatic heterocycles. The molecule has 9 atom stereocenters. The smallest absolute Gasteiger partial charge is 0.405 e. The zero-order chi connectivity index (χ0) is 35.0. The number of allylic oxidation sites excluding steroid dienone is 9. The fourth-order valence-electron chi connectivity index (χ4n) is 4.30. The molecule has 7 N–H and O–H groups in total. The largest absolute Gasteiger partial charge is 0.481 e. The van der Waals surface area contributed by atoms with E-state index in [-0.39, 0.29) is 17.9 Å². The van der Waals surface area contributed by atoms with Gasteiger partial charge in [0.15, 0.2) is 5.78 Å². The lowest BCUT2D eigenvalue weighted by atomic mass is 9.93. The van der Waals surface area contributed by atoms with Crippen LogP contribution in [0.2, 0.25) is 0 Å². The number of hydrogen-bond donors (Lipinski definition) is 6. The third-order valence-corrected chi connectivity index (χ3v) is 8.03. The number of carboxylic acids is 1. The summed E-state index contributed by atoms with van der Waals surface area (Å²) in [5, 5.41) is 49.1. The summed E-state index contributed by atoms with van der Waals surface area (Å²) in [5.74, 6) is -4.25. The van der Waals surface area contributed by atoms with Crippen LogP contribution in [0.4, 0.5) is 4.79 Å². The molecule has 14 heteroatoms. The van der Waals surface area contributed by atoms with E-state index in [1.165, 1.54) is 25.2 Å². The summed E-state index contributed by atoms with van der Waals surface area (Å²) in [4.78, 5) is 46.7. The van der Waals surface area contributed by atoms with E-state index in [9.17, 15) is 39.6 Å². The van der Waals surface area contributed by atoms with E-state index in [0.29, 0.717) is 6.42 Å². The van der Waals surface area contributed by atoms with E-state index >= 15 is 0 Å². The first-order valence-corrected chi connectivity index (χ1v) is 15.4. The molecule has 1 fully saturated rings. The number of aliphatic carboxylic acids is 1. The Balaban J connectivity index is 2.64. The number of carbonyl (C=O) groups excluding carboxylic acids is 3. The van der Waals surface area contributed by atoms with Crippen molar-refractivity contribution >= 4 is 47.0 Å². The number of rotatable bonds is 18. The lowest BCUT2D eigenvalue weighted by Crippen LogP contribution is -2.43. The van der Waals surface area contributed by atoms with Crippen molar-refractivity contribution in [3.63, 3.8) is 0 Å². The van der Waals surface area contributed by atoms with Gasteiger partial charge in [0.05, 0.1) is 24.2 Å². The van der Waals surface area contributed by atoms with Crippen molar-refractivity contribution < 1.29 is 54.2 Å². The molecule has 46 heavy (non-hydrogen) atoms. The van der Waals surface area contributed by atoms with Gasteiger partial charge in [0.2, 0.25) is 0 Å². The molecule has 1 saturated carbocycles. The number of hydrogen-bond acceptors (Lipinski definition) is 10. The molecule has 1 rings (SSSR count). The minimum Gasteiger partial charge on any atom is -0.481 e. The number of primary amides is 1. The fourth-order valence-corrected chi connectivity index (χ4v) is 4.72. The quantitative estimate of drug-likeness (QED) is 0.0404. The lowest BCUT2D eigenvalue weighted by molar-refractivity contribution is -0.148. The SMILES string of the molecule is CC/C=C/C(OC(N)=O)C(Cl)C(O)CC(=O)C(O)C(O)C(C)/C(Cl)=C/C=C/C=C(C)/C=C/C=C/C(=O)OC1CC(C(=O)O)CC1O. The molecular weight excluding hydrogens is 645 g/mol. The summed E-state index contributed by atoms with van der Waals surface area (Å²) in [5.41, 5.74) is 5.83.